The second-order valence-electron chi connectivity index (χ2n) is 7.93. The number of nitrogens with zero attached hydrogens (tertiary/aromatic N) is 2. The van der Waals surface area contributed by atoms with Crippen molar-refractivity contribution in [1.82, 2.24) is 15.1 Å². The van der Waals surface area contributed by atoms with E-state index in [0.717, 1.165) is 24.9 Å². The summed E-state index contributed by atoms with van der Waals surface area (Å²) in [6.45, 7) is 7.93. The van der Waals surface area contributed by atoms with E-state index in [1.54, 1.807) is 6.92 Å². The van der Waals surface area contributed by atoms with Crippen LogP contribution in [0.2, 0.25) is 5.15 Å². The molecule has 1 N–H and O–H groups in total. The summed E-state index contributed by atoms with van der Waals surface area (Å²) in [5.41, 5.74) is 1.70. The van der Waals surface area contributed by atoms with Crippen LogP contribution in [0.15, 0.2) is 30.3 Å². The van der Waals surface area contributed by atoms with Gasteiger partial charge in [-0.25, -0.2) is 13.1 Å². The monoisotopic (exact) mass is 439 g/mol. The number of para-hydroxylation sites is 1. The Kier molecular flexibility index (Phi) is 8.28. The number of aryl methyl sites for hydroxylation is 1. The van der Waals surface area contributed by atoms with Gasteiger partial charge in [-0.15, -0.1) is 0 Å². The highest BCUT2D eigenvalue weighted by molar-refractivity contribution is 7.91. The first-order valence-corrected chi connectivity index (χ1v) is 12.1. The molecule has 2 aromatic rings. The van der Waals surface area contributed by atoms with Gasteiger partial charge in [-0.1, -0.05) is 56.5 Å². The topological polar surface area (TPSA) is 81.1 Å². The molecule has 1 amide bonds. The summed E-state index contributed by atoms with van der Waals surface area (Å²) < 4.78 is 26.7. The third-order valence-corrected chi connectivity index (χ3v) is 6.48. The maximum absolute atomic E-state index is 12.6. The lowest BCUT2D eigenvalue weighted by Gasteiger charge is -2.14. The van der Waals surface area contributed by atoms with E-state index in [9.17, 15) is 13.2 Å². The zero-order chi connectivity index (χ0) is 21.6. The fourth-order valence-electron chi connectivity index (χ4n) is 3.13. The first-order valence-electron chi connectivity index (χ1n) is 9.88. The van der Waals surface area contributed by atoms with Crippen molar-refractivity contribution in [3.8, 4) is 5.69 Å². The number of hydrogen-bond donors (Lipinski definition) is 1. The van der Waals surface area contributed by atoms with Crippen molar-refractivity contribution in [3.63, 3.8) is 0 Å². The minimum absolute atomic E-state index is 0.0531. The van der Waals surface area contributed by atoms with E-state index in [1.807, 2.05) is 37.3 Å². The Hall–Kier alpha value is -1.86. The molecule has 29 heavy (non-hydrogen) atoms. The molecule has 1 heterocycles. The normalized spacial score (nSPS) is 12.9. The summed E-state index contributed by atoms with van der Waals surface area (Å²) in [6.07, 6.45) is 2.92. The van der Waals surface area contributed by atoms with Crippen LogP contribution < -0.4 is 5.32 Å². The van der Waals surface area contributed by atoms with Crippen LogP contribution in [0.1, 0.15) is 51.3 Å². The van der Waals surface area contributed by atoms with Gasteiger partial charge in [0.15, 0.2) is 9.84 Å². The fourth-order valence-corrected chi connectivity index (χ4v) is 4.92. The van der Waals surface area contributed by atoms with Gasteiger partial charge in [-0.2, -0.15) is 5.10 Å². The molecule has 0 radical (unpaired) electrons. The van der Waals surface area contributed by atoms with Crippen molar-refractivity contribution in [2.24, 2.45) is 5.92 Å². The number of carbonyl (C=O) groups excluding carboxylic acids is 1. The van der Waals surface area contributed by atoms with Gasteiger partial charge in [-0.05, 0) is 38.3 Å². The van der Waals surface area contributed by atoms with Gasteiger partial charge in [0.05, 0.1) is 17.1 Å². The Balaban J connectivity index is 2.01. The number of halogens is 1. The molecule has 0 aliphatic heterocycles. The molecular formula is C21H30ClN3O3S. The summed E-state index contributed by atoms with van der Waals surface area (Å²) in [5, 5.41) is 7.39. The van der Waals surface area contributed by atoms with Crippen LogP contribution in [0.5, 0.6) is 0 Å². The molecule has 0 aliphatic rings. The zero-order valence-electron chi connectivity index (χ0n) is 17.5. The molecular weight excluding hydrogens is 410 g/mol. The van der Waals surface area contributed by atoms with Crippen LogP contribution >= 0.6 is 11.6 Å². The molecule has 1 atom stereocenters. The number of rotatable bonds is 10. The molecule has 0 aliphatic carbocycles. The highest BCUT2D eigenvalue weighted by atomic mass is 35.5. The lowest BCUT2D eigenvalue weighted by molar-refractivity contribution is -0.119. The highest BCUT2D eigenvalue weighted by Crippen LogP contribution is 2.25. The van der Waals surface area contributed by atoms with E-state index in [4.69, 9.17) is 11.6 Å². The summed E-state index contributed by atoms with van der Waals surface area (Å²) in [7, 11) is -3.68. The summed E-state index contributed by atoms with van der Waals surface area (Å²) in [4.78, 5) is 12.2. The lowest BCUT2D eigenvalue weighted by atomic mass is 10.0. The molecule has 0 saturated carbocycles. The molecule has 6 nitrogen and oxygen atoms in total. The predicted molar refractivity (Wildman–Crippen MR) is 117 cm³/mol. The number of benzene rings is 1. The number of hydrogen-bond acceptors (Lipinski definition) is 4. The average molecular weight is 440 g/mol. The average Bonchev–Trinajstić information content (AvgIpc) is 2.89. The van der Waals surface area contributed by atoms with Crippen molar-refractivity contribution < 1.29 is 13.2 Å². The Bertz CT molecular complexity index is 924. The second-order valence-corrected chi connectivity index (χ2v) is 10.4. The van der Waals surface area contributed by atoms with Crippen molar-refractivity contribution >= 4 is 27.3 Å². The summed E-state index contributed by atoms with van der Waals surface area (Å²) in [6, 6.07) is 9.21. The largest absolute Gasteiger partial charge is 0.353 e. The van der Waals surface area contributed by atoms with Crippen LogP contribution in [0.3, 0.4) is 0 Å². The smallest absolute Gasteiger partial charge is 0.235 e. The second kappa shape index (κ2) is 10.3. The SMILES string of the molecule is Cc1nn(-c2ccccc2)c(Cl)c1CS(=O)(=O)CC(=O)NC(C)CCCC(C)C. The van der Waals surface area contributed by atoms with Crippen LogP contribution in [-0.4, -0.2) is 35.9 Å². The maximum Gasteiger partial charge on any atom is 0.235 e. The quantitative estimate of drug-likeness (QED) is 0.604. The Labute approximate surface area is 178 Å². The molecule has 160 valence electrons. The summed E-state index contributed by atoms with van der Waals surface area (Å²) in [5.74, 6) is -0.748. The first-order chi connectivity index (χ1) is 13.6. The standard InChI is InChI=1S/C21H30ClN3O3S/c1-15(2)9-8-10-16(3)23-20(26)14-29(27,28)13-19-17(4)24-25(21(19)22)18-11-6-5-7-12-18/h5-7,11-12,15-16H,8-10,13-14H2,1-4H3,(H,23,26). The van der Waals surface area contributed by atoms with E-state index in [1.165, 1.54) is 4.68 Å². The molecule has 0 spiro atoms. The minimum Gasteiger partial charge on any atom is -0.353 e. The predicted octanol–water partition coefficient (Wildman–Crippen LogP) is 4.08. The van der Waals surface area contributed by atoms with Crippen molar-refractivity contribution in [3.05, 3.63) is 46.7 Å². The number of aromatic nitrogens is 2. The molecule has 0 bridgehead atoms. The fraction of sp³-hybridized carbons (Fsp3) is 0.524. The van der Waals surface area contributed by atoms with Gasteiger partial charge in [0.25, 0.3) is 0 Å². The minimum atomic E-state index is -3.68. The molecule has 8 heteroatoms. The van der Waals surface area contributed by atoms with Gasteiger partial charge in [0, 0.05) is 11.6 Å². The molecule has 2 rings (SSSR count). The van der Waals surface area contributed by atoms with Crippen LogP contribution in [0.25, 0.3) is 5.69 Å². The number of carbonyl (C=O) groups is 1. The number of nitrogens with one attached hydrogen (secondary N) is 1. The third kappa shape index (κ3) is 7.16. The Morgan fingerprint density at radius 2 is 1.83 bits per heavy atom. The molecule has 0 fully saturated rings. The van der Waals surface area contributed by atoms with Gasteiger partial charge in [0.1, 0.15) is 10.9 Å². The molecule has 1 aromatic heterocycles. The summed E-state index contributed by atoms with van der Waals surface area (Å²) >= 11 is 6.41. The maximum atomic E-state index is 12.6. The van der Waals surface area contributed by atoms with Crippen molar-refractivity contribution in [1.29, 1.82) is 0 Å². The van der Waals surface area contributed by atoms with Gasteiger partial charge in [0.2, 0.25) is 5.91 Å². The van der Waals surface area contributed by atoms with E-state index in [-0.39, 0.29) is 16.9 Å². The molecule has 1 unspecified atom stereocenters. The highest BCUT2D eigenvalue weighted by Gasteiger charge is 2.24. The van der Waals surface area contributed by atoms with E-state index < -0.39 is 21.5 Å². The van der Waals surface area contributed by atoms with Crippen LogP contribution in [0.4, 0.5) is 0 Å². The van der Waals surface area contributed by atoms with Crippen molar-refractivity contribution in [2.45, 2.75) is 58.8 Å². The van der Waals surface area contributed by atoms with E-state index in [2.05, 4.69) is 24.3 Å². The van der Waals surface area contributed by atoms with Gasteiger partial charge in [-0.3, -0.25) is 4.79 Å². The lowest BCUT2D eigenvalue weighted by Crippen LogP contribution is -2.37. The van der Waals surface area contributed by atoms with Crippen molar-refractivity contribution in [2.75, 3.05) is 5.75 Å². The molecule has 0 saturated heterocycles. The Morgan fingerprint density at radius 3 is 2.45 bits per heavy atom. The van der Waals surface area contributed by atoms with Crippen LogP contribution in [-0.2, 0) is 20.4 Å². The third-order valence-electron chi connectivity index (χ3n) is 4.66. The number of amides is 1. The molecule has 1 aromatic carbocycles. The number of sulfone groups is 1. The van der Waals surface area contributed by atoms with Crippen LogP contribution in [0, 0.1) is 12.8 Å². The van der Waals surface area contributed by atoms with Gasteiger partial charge < -0.3 is 5.32 Å². The van der Waals surface area contributed by atoms with Gasteiger partial charge >= 0.3 is 0 Å². The zero-order valence-corrected chi connectivity index (χ0v) is 19.1. The van der Waals surface area contributed by atoms with E-state index >= 15 is 0 Å². The van der Waals surface area contributed by atoms with E-state index in [0.29, 0.717) is 17.2 Å². The first kappa shape index (κ1) is 23.4. The Morgan fingerprint density at radius 1 is 1.17 bits per heavy atom.